The minimum atomic E-state index is 0.0146. The first kappa shape index (κ1) is 15.4. The number of rotatable bonds is 10. The Kier molecular flexibility index (Phi) is 5.98. The summed E-state index contributed by atoms with van der Waals surface area (Å²) in [5.74, 6) is 2.02. The van der Waals surface area contributed by atoms with Gasteiger partial charge in [0.25, 0.3) is 0 Å². The summed E-state index contributed by atoms with van der Waals surface area (Å²) >= 11 is 0. The fraction of sp³-hybridized carbons (Fsp3) is 0.867. The summed E-state index contributed by atoms with van der Waals surface area (Å²) in [6.07, 6.45) is 6.67. The second-order valence-electron chi connectivity index (χ2n) is 5.68. The second kappa shape index (κ2) is 7.74. The Bertz CT molecular complexity index is 390. The smallest absolute Gasteiger partial charge is 0.228 e. The molecule has 1 saturated carbocycles. The van der Waals surface area contributed by atoms with E-state index in [0.717, 1.165) is 43.9 Å². The summed E-state index contributed by atoms with van der Waals surface area (Å²) in [4.78, 5) is 4.53. The SMILES string of the molecule is CCCNC(CCC)Cc1nc(C(OC)C2CC2)no1. The van der Waals surface area contributed by atoms with E-state index in [1.54, 1.807) is 7.11 Å². The number of hydrogen-bond donors (Lipinski definition) is 1. The summed E-state index contributed by atoms with van der Waals surface area (Å²) in [7, 11) is 1.72. The van der Waals surface area contributed by atoms with Crippen LogP contribution in [0.1, 0.15) is 63.8 Å². The Labute approximate surface area is 121 Å². The van der Waals surface area contributed by atoms with E-state index in [9.17, 15) is 0 Å². The predicted octanol–water partition coefficient (Wildman–Crippen LogP) is 2.88. The number of aromatic nitrogens is 2. The van der Waals surface area contributed by atoms with Gasteiger partial charge < -0.3 is 14.6 Å². The van der Waals surface area contributed by atoms with Gasteiger partial charge in [-0.15, -0.1) is 0 Å². The molecule has 1 fully saturated rings. The molecule has 0 aliphatic heterocycles. The minimum absolute atomic E-state index is 0.0146. The maximum atomic E-state index is 5.49. The molecule has 0 amide bonds. The van der Waals surface area contributed by atoms with Crippen molar-refractivity contribution in [3.63, 3.8) is 0 Å². The quantitative estimate of drug-likeness (QED) is 0.714. The maximum absolute atomic E-state index is 5.49. The van der Waals surface area contributed by atoms with Crippen LogP contribution in [0.25, 0.3) is 0 Å². The first-order valence-corrected chi connectivity index (χ1v) is 7.87. The molecule has 20 heavy (non-hydrogen) atoms. The molecule has 1 aromatic heterocycles. The van der Waals surface area contributed by atoms with Crippen LogP contribution in [0.5, 0.6) is 0 Å². The highest BCUT2D eigenvalue weighted by molar-refractivity contribution is 4.99. The zero-order chi connectivity index (χ0) is 14.4. The molecule has 0 aromatic carbocycles. The second-order valence-corrected chi connectivity index (χ2v) is 5.68. The Hall–Kier alpha value is -0.940. The summed E-state index contributed by atoms with van der Waals surface area (Å²) in [5, 5.41) is 7.65. The number of nitrogens with one attached hydrogen (secondary N) is 1. The summed E-state index contributed by atoms with van der Waals surface area (Å²) < 4.78 is 10.9. The first-order valence-electron chi connectivity index (χ1n) is 7.87. The van der Waals surface area contributed by atoms with Crippen LogP contribution in [0.4, 0.5) is 0 Å². The fourth-order valence-corrected chi connectivity index (χ4v) is 2.56. The third-order valence-corrected chi connectivity index (χ3v) is 3.78. The van der Waals surface area contributed by atoms with Crippen LogP contribution in [0.2, 0.25) is 0 Å². The molecule has 2 rings (SSSR count). The van der Waals surface area contributed by atoms with Gasteiger partial charge in [0.15, 0.2) is 0 Å². The molecule has 1 N–H and O–H groups in total. The van der Waals surface area contributed by atoms with Crippen molar-refractivity contribution in [1.29, 1.82) is 0 Å². The zero-order valence-electron chi connectivity index (χ0n) is 12.9. The molecule has 1 aliphatic rings. The van der Waals surface area contributed by atoms with E-state index in [2.05, 4.69) is 29.3 Å². The Balaban J connectivity index is 1.92. The molecule has 1 aliphatic carbocycles. The fourth-order valence-electron chi connectivity index (χ4n) is 2.56. The van der Waals surface area contributed by atoms with Gasteiger partial charge in [0.1, 0.15) is 6.10 Å². The van der Waals surface area contributed by atoms with Gasteiger partial charge in [-0.1, -0.05) is 25.4 Å². The normalized spacial score (nSPS) is 18.1. The summed E-state index contributed by atoms with van der Waals surface area (Å²) in [5.41, 5.74) is 0. The van der Waals surface area contributed by atoms with Gasteiger partial charge in [0, 0.05) is 19.6 Å². The molecule has 5 nitrogen and oxygen atoms in total. The van der Waals surface area contributed by atoms with Crippen LogP contribution in [0.3, 0.4) is 0 Å². The van der Waals surface area contributed by atoms with Crippen LogP contribution in [0, 0.1) is 5.92 Å². The van der Waals surface area contributed by atoms with Crippen molar-refractivity contribution in [1.82, 2.24) is 15.5 Å². The van der Waals surface area contributed by atoms with Gasteiger partial charge in [-0.2, -0.15) is 4.98 Å². The molecule has 2 atom stereocenters. The van der Waals surface area contributed by atoms with Crippen LogP contribution in [-0.2, 0) is 11.2 Å². The molecule has 1 heterocycles. The first-order chi connectivity index (χ1) is 9.78. The summed E-state index contributed by atoms with van der Waals surface area (Å²) in [6.45, 7) is 5.42. The van der Waals surface area contributed by atoms with Crippen molar-refractivity contribution < 1.29 is 9.26 Å². The number of ether oxygens (including phenoxy) is 1. The van der Waals surface area contributed by atoms with Gasteiger partial charge in [0.05, 0.1) is 0 Å². The Morgan fingerprint density at radius 3 is 2.75 bits per heavy atom. The van der Waals surface area contributed by atoms with Crippen molar-refractivity contribution in [3.8, 4) is 0 Å². The standard InChI is InChI=1S/C15H27N3O2/c1-4-6-12(16-9-5-2)10-13-17-15(18-20-13)14(19-3)11-7-8-11/h11-12,14,16H,4-10H2,1-3H3. The van der Waals surface area contributed by atoms with E-state index in [-0.39, 0.29) is 6.10 Å². The molecule has 1 aromatic rings. The van der Waals surface area contributed by atoms with E-state index in [1.165, 1.54) is 12.8 Å². The van der Waals surface area contributed by atoms with E-state index in [4.69, 9.17) is 9.26 Å². The van der Waals surface area contributed by atoms with Gasteiger partial charge in [-0.05, 0) is 38.1 Å². The van der Waals surface area contributed by atoms with Gasteiger partial charge in [0.2, 0.25) is 11.7 Å². The molecular weight excluding hydrogens is 254 g/mol. The highest BCUT2D eigenvalue weighted by atomic mass is 16.5. The van der Waals surface area contributed by atoms with E-state index < -0.39 is 0 Å². The van der Waals surface area contributed by atoms with E-state index in [1.807, 2.05) is 0 Å². The van der Waals surface area contributed by atoms with E-state index in [0.29, 0.717) is 12.0 Å². The topological polar surface area (TPSA) is 60.2 Å². The van der Waals surface area contributed by atoms with Crippen molar-refractivity contribution in [2.24, 2.45) is 5.92 Å². The number of methoxy groups -OCH3 is 1. The molecule has 0 saturated heterocycles. The highest BCUT2D eigenvalue weighted by Gasteiger charge is 2.35. The lowest BCUT2D eigenvalue weighted by Gasteiger charge is -2.15. The lowest BCUT2D eigenvalue weighted by Crippen LogP contribution is -2.31. The molecule has 114 valence electrons. The van der Waals surface area contributed by atoms with Crippen LogP contribution in [0.15, 0.2) is 4.52 Å². The van der Waals surface area contributed by atoms with Crippen LogP contribution in [-0.4, -0.2) is 29.8 Å². The maximum Gasteiger partial charge on any atom is 0.228 e. The molecule has 0 spiro atoms. The lowest BCUT2D eigenvalue weighted by atomic mass is 10.1. The average Bonchev–Trinajstić information content (AvgIpc) is 3.17. The molecule has 2 unspecified atom stereocenters. The summed E-state index contributed by atoms with van der Waals surface area (Å²) in [6, 6.07) is 0.426. The largest absolute Gasteiger partial charge is 0.373 e. The Morgan fingerprint density at radius 2 is 2.15 bits per heavy atom. The average molecular weight is 281 g/mol. The highest BCUT2D eigenvalue weighted by Crippen LogP contribution is 2.41. The monoisotopic (exact) mass is 281 g/mol. The molecule has 5 heteroatoms. The number of nitrogens with zero attached hydrogens (tertiary/aromatic N) is 2. The zero-order valence-corrected chi connectivity index (χ0v) is 12.9. The third kappa shape index (κ3) is 4.28. The molecular formula is C15H27N3O2. The third-order valence-electron chi connectivity index (χ3n) is 3.78. The van der Waals surface area contributed by atoms with Crippen molar-refractivity contribution in [3.05, 3.63) is 11.7 Å². The van der Waals surface area contributed by atoms with Crippen molar-refractivity contribution in [2.75, 3.05) is 13.7 Å². The van der Waals surface area contributed by atoms with Crippen LogP contribution < -0.4 is 5.32 Å². The minimum Gasteiger partial charge on any atom is -0.373 e. The lowest BCUT2D eigenvalue weighted by molar-refractivity contribution is 0.0751. The van der Waals surface area contributed by atoms with E-state index >= 15 is 0 Å². The predicted molar refractivity (Wildman–Crippen MR) is 77.5 cm³/mol. The number of hydrogen-bond acceptors (Lipinski definition) is 5. The molecule has 0 bridgehead atoms. The van der Waals surface area contributed by atoms with Crippen molar-refractivity contribution >= 4 is 0 Å². The Morgan fingerprint density at radius 1 is 1.35 bits per heavy atom. The van der Waals surface area contributed by atoms with Gasteiger partial charge in [-0.25, -0.2) is 0 Å². The van der Waals surface area contributed by atoms with Gasteiger partial charge in [-0.3, -0.25) is 0 Å². The van der Waals surface area contributed by atoms with Crippen LogP contribution >= 0.6 is 0 Å². The molecule has 0 radical (unpaired) electrons. The van der Waals surface area contributed by atoms with Gasteiger partial charge >= 0.3 is 0 Å². The van der Waals surface area contributed by atoms with Crippen molar-refractivity contribution in [2.45, 2.75) is 64.5 Å².